The highest BCUT2D eigenvalue weighted by Gasteiger charge is 2.15. The van der Waals surface area contributed by atoms with E-state index in [0.717, 1.165) is 25.1 Å². The van der Waals surface area contributed by atoms with Crippen LogP contribution in [0.25, 0.3) is 0 Å². The van der Waals surface area contributed by atoms with Crippen molar-refractivity contribution in [3.05, 3.63) is 29.8 Å². The smallest absolute Gasteiger partial charge is 0.179 e. The largest absolute Gasteiger partial charge is 0.326 e. The predicted octanol–water partition coefficient (Wildman–Crippen LogP) is 0.803. The molecule has 0 heterocycles. The standard InChI is InChI=1S/C15H27N3O2S/c1-17(2)9-4-10-18(3)11-12-21(19,20)15-7-5-14(13-16)6-8-15/h5-8H,4,9-13,16H2,1-3H3. The fraction of sp³-hybridized carbons (Fsp3) is 0.600. The third kappa shape index (κ3) is 6.56. The zero-order chi connectivity index (χ0) is 15.9. The monoisotopic (exact) mass is 313 g/mol. The zero-order valence-corrected chi connectivity index (χ0v) is 14.1. The molecule has 1 rings (SSSR count). The van der Waals surface area contributed by atoms with Crippen LogP contribution in [0.1, 0.15) is 12.0 Å². The number of rotatable bonds is 9. The van der Waals surface area contributed by atoms with E-state index in [2.05, 4.69) is 9.80 Å². The number of nitrogens with two attached hydrogens (primary N) is 1. The summed E-state index contributed by atoms with van der Waals surface area (Å²) < 4.78 is 24.5. The Morgan fingerprint density at radius 3 is 2.14 bits per heavy atom. The van der Waals surface area contributed by atoms with Crippen molar-refractivity contribution >= 4 is 9.84 Å². The second-order valence-corrected chi connectivity index (χ2v) is 7.74. The van der Waals surface area contributed by atoms with Gasteiger partial charge in [-0.15, -0.1) is 0 Å². The lowest BCUT2D eigenvalue weighted by atomic mass is 10.2. The van der Waals surface area contributed by atoms with Gasteiger partial charge >= 0.3 is 0 Å². The Labute approximate surface area is 128 Å². The molecule has 0 amide bonds. The van der Waals surface area contributed by atoms with E-state index in [0.29, 0.717) is 18.0 Å². The van der Waals surface area contributed by atoms with Crippen molar-refractivity contribution < 1.29 is 8.42 Å². The first-order valence-corrected chi connectivity index (χ1v) is 8.85. The van der Waals surface area contributed by atoms with Gasteiger partial charge < -0.3 is 15.5 Å². The Morgan fingerprint density at radius 1 is 1.00 bits per heavy atom. The first-order valence-electron chi connectivity index (χ1n) is 7.20. The molecule has 0 aliphatic rings. The Bertz CT molecular complexity index is 512. The molecule has 6 heteroatoms. The lowest BCUT2D eigenvalue weighted by Crippen LogP contribution is -2.28. The molecule has 0 fully saturated rings. The van der Waals surface area contributed by atoms with Crippen LogP contribution in [-0.4, -0.2) is 64.7 Å². The van der Waals surface area contributed by atoms with Crippen molar-refractivity contribution in [2.45, 2.75) is 17.9 Å². The summed E-state index contributed by atoms with van der Waals surface area (Å²) in [5.41, 5.74) is 6.46. The molecule has 5 nitrogen and oxygen atoms in total. The molecule has 0 aromatic heterocycles. The van der Waals surface area contributed by atoms with Gasteiger partial charge in [-0.1, -0.05) is 12.1 Å². The van der Waals surface area contributed by atoms with Crippen molar-refractivity contribution in [1.82, 2.24) is 9.80 Å². The number of sulfone groups is 1. The molecule has 0 radical (unpaired) electrons. The zero-order valence-electron chi connectivity index (χ0n) is 13.2. The number of nitrogens with zero attached hydrogens (tertiary/aromatic N) is 2. The third-order valence-electron chi connectivity index (χ3n) is 3.41. The van der Waals surface area contributed by atoms with E-state index in [1.54, 1.807) is 24.3 Å². The molecular formula is C15H27N3O2S. The molecule has 0 atom stereocenters. The van der Waals surface area contributed by atoms with E-state index in [-0.39, 0.29) is 5.75 Å². The van der Waals surface area contributed by atoms with Crippen LogP contribution < -0.4 is 5.73 Å². The summed E-state index contributed by atoms with van der Waals surface area (Å²) in [5, 5.41) is 0. The summed E-state index contributed by atoms with van der Waals surface area (Å²) >= 11 is 0. The molecule has 21 heavy (non-hydrogen) atoms. The average Bonchev–Trinajstić information content (AvgIpc) is 2.45. The van der Waals surface area contributed by atoms with Crippen LogP contribution in [0.15, 0.2) is 29.2 Å². The summed E-state index contributed by atoms with van der Waals surface area (Å²) in [6.07, 6.45) is 1.04. The Hall–Kier alpha value is -0.950. The molecule has 0 saturated carbocycles. The molecule has 1 aromatic carbocycles. The molecule has 1 aromatic rings. The first kappa shape index (κ1) is 18.1. The van der Waals surface area contributed by atoms with E-state index in [1.807, 2.05) is 21.1 Å². The average molecular weight is 313 g/mol. The third-order valence-corrected chi connectivity index (χ3v) is 5.12. The molecule has 0 unspecified atom stereocenters. The van der Waals surface area contributed by atoms with Gasteiger partial charge in [0.15, 0.2) is 9.84 Å². The SMILES string of the molecule is CN(C)CCCN(C)CCS(=O)(=O)c1ccc(CN)cc1. The van der Waals surface area contributed by atoms with Crippen LogP contribution in [0, 0.1) is 0 Å². The molecule has 120 valence electrons. The lowest BCUT2D eigenvalue weighted by molar-refractivity contribution is 0.312. The minimum atomic E-state index is -3.21. The minimum Gasteiger partial charge on any atom is -0.326 e. The van der Waals surface area contributed by atoms with Gasteiger partial charge in [0.25, 0.3) is 0 Å². The normalized spacial score (nSPS) is 12.3. The van der Waals surface area contributed by atoms with Crippen molar-refractivity contribution in [1.29, 1.82) is 0 Å². The summed E-state index contributed by atoms with van der Waals surface area (Å²) in [4.78, 5) is 4.57. The highest BCUT2D eigenvalue weighted by atomic mass is 32.2. The molecular weight excluding hydrogens is 286 g/mol. The fourth-order valence-corrected chi connectivity index (χ4v) is 3.33. The van der Waals surface area contributed by atoms with E-state index < -0.39 is 9.84 Å². The highest BCUT2D eigenvalue weighted by Crippen LogP contribution is 2.12. The van der Waals surface area contributed by atoms with Crippen molar-refractivity contribution in [2.75, 3.05) is 46.5 Å². The van der Waals surface area contributed by atoms with Gasteiger partial charge in [0.05, 0.1) is 10.6 Å². The van der Waals surface area contributed by atoms with Gasteiger partial charge in [-0.25, -0.2) is 8.42 Å². The van der Waals surface area contributed by atoms with Crippen LogP contribution in [0.4, 0.5) is 0 Å². The predicted molar refractivity (Wildman–Crippen MR) is 87.1 cm³/mol. The van der Waals surface area contributed by atoms with Crippen LogP contribution >= 0.6 is 0 Å². The van der Waals surface area contributed by atoms with Crippen molar-refractivity contribution in [2.24, 2.45) is 5.73 Å². The molecule has 0 spiro atoms. The van der Waals surface area contributed by atoms with E-state index in [9.17, 15) is 8.42 Å². The van der Waals surface area contributed by atoms with Crippen molar-refractivity contribution in [3.8, 4) is 0 Å². The van der Waals surface area contributed by atoms with Gasteiger partial charge in [-0.05, 0) is 58.3 Å². The van der Waals surface area contributed by atoms with Crippen LogP contribution in [-0.2, 0) is 16.4 Å². The van der Waals surface area contributed by atoms with E-state index >= 15 is 0 Å². The Kier molecular flexibility index (Phi) is 7.31. The molecule has 0 saturated heterocycles. The van der Waals surface area contributed by atoms with Gasteiger partial charge in [-0.3, -0.25) is 0 Å². The van der Waals surface area contributed by atoms with Gasteiger partial charge in [0.2, 0.25) is 0 Å². The summed E-state index contributed by atoms with van der Waals surface area (Å²) in [5.74, 6) is 0.146. The van der Waals surface area contributed by atoms with Gasteiger partial charge in [-0.2, -0.15) is 0 Å². The maximum absolute atomic E-state index is 12.3. The van der Waals surface area contributed by atoms with Crippen molar-refractivity contribution in [3.63, 3.8) is 0 Å². The van der Waals surface area contributed by atoms with Crippen LogP contribution in [0.2, 0.25) is 0 Å². The van der Waals surface area contributed by atoms with E-state index in [4.69, 9.17) is 5.73 Å². The number of hydrogen-bond donors (Lipinski definition) is 1. The lowest BCUT2D eigenvalue weighted by Gasteiger charge is -2.18. The van der Waals surface area contributed by atoms with Gasteiger partial charge in [0.1, 0.15) is 0 Å². The summed E-state index contributed by atoms with van der Waals surface area (Å²) in [6, 6.07) is 6.83. The maximum atomic E-state index is 12.3. The Balaban J connectivity index is 2.48. The number of hydrogen-bond acceptors (Lipinski definition) is 5. The minimum absolute atomic E-state index is 0.146. The van der Waals surface area contributed by atoms with Crippen LogP contribution in [0.3, 0.4) is 0 Å². The molecule has 0 bridgehead atoms. The van der Waals surface area contributed by atoms with Crippen LogP contribution in [0.5, 0.6) is 0 Å². The quantitative estimate of drug-likeness (QED) is 0.730. The molecule has 0 aliphatic carbocycles. The van der Waals surface area contributed by atoms with Gasteiger partial charge in [0, 0.05) is 13.1 Å². The molecule has 2 N–H and O–H groups in total. The number of benzene rings is 1. The maximum Gasteiger partial charge on any atom is 0.179 e. The summed E-state index contributed by atoms with van der Waals surface area (Å²) in [6.45, 7) is 2.89. The highest BCUT2D eigenvalue weighted by molar-refractivity contribution is 7.91. The Morgan fingerprint density at radius 2 is 1.62 bits per heavy atom. The molecule has 0 aliphatic heterocycles. The van der Waals surface area contributed by atoms with E-state index in [1.165, 1.54) is 0 Å². The second kappa shape index (κ2) is 8.48. The summed E-state index contributed by atoms with van der Waals surface area (Å²) in [7, 11) is 2.82. The topological polar surface area (TPSA) is 66.6 Å². The first-order chi connectivity index (χ1) is 9.85. The second-order valence-electron chi connectivity index (χ2n) is 5.63. The fourth-order valence-electron chi connectivity index (χ4n) is 2.00.